The molecule has 0 atom stereocenters. The van der Waals surface area contributed by atoms with Gasteiger partial charge in [0.15, 0.2) is 0 Å². The summed E-state index contributed by atoms with van der Waals surface area (Å²) in [5.41, 5.74) is 2.57. The molecule has 0 radical (unpaired) electrons. The smallest absolute Gasteiger partial charge is 0.307 e. The Kier molecular flexibility index (Phi) is 4.59. The Balaban J connectivity index is 2.12. The summed E-state index contributed by atoms with van der Waals surface area (Å²) in [6, 6.07) is 8.46. The Labute approximate surface area is 115 Å². The monoisotopic (exact) mass is 261 g/mol. The first kappa shape index (κ1) is 14.1. The van der Waals surface area contributed by atoms with E-state index < -0.39 is 0 Å². The Morgan fingerprint density at radius 3 is 2.42 bits per heavy atom. The molecule has 1 aromatic rings. The SMILES string of the molecule is CCCNC1(CC(=O)OCC)Cc2ccccc2C1. The highest BCUT2D eigenvalue weighted by Crippen LogP contribution is 2.32. The van der Waals surface area contributed by atoms with E-state index in [1.54, 1.807) is 0 Å². The third-order valence-corrected chi connectivity index (χ3v) is 3.71. The van der Waals surface area contributed by atoms with Crippen molar-refractivity contribution in [2.24, 2.45) is 0 Å². The van der Waals surface area contributed by atoms with Crippen molar-refractivity contribution >= 4 is 5.97 Å². The van der Waals surface area contributed by atoms with Gasteiger partial charge in [-0.1, -0.05) is 31.2 Å². The van der Waals surface area contributed by atoms with Crippen LogP contribution in [0.15, 0.2) is 24.3 Å². The van der Waals surface area contributed by atoms with Gasteiger partial charge in [-0.05, 0) is 43.9 Å². The number of fused-ring (bicyclic) bond motifs is 1. The van der Waals surface area contributed by atoms with Crippen molar-refractivity contribution in [3.8, 4) is 0 Å². The third-order valence-electron chi connectivity index (χ3n) is 3.71. The van der Waals surface area contributed by atoms with Crippen LogP contribution in [0, 0.1) is 0 Å². The van der Waals surface area contributed by atoms with Crippen molar-refractivity contribution in [1.29, 1.82) is 0 Å². The molecule has 1 aliphatic rings. The number of carbonyl (C=O) groups is 1. The second kappa shape index (κ2) is 6.20. The number of nitrogens with one attached hydrogen (secondary N) is 1. The minimum absolute atomic E-state index is 0.0982. The second-order valence-electron chi connectivity index (χ2n) is 5.31. The molecule has 3 heteroatoms. The van der Waals surface area contributed by atoms with Crippen LogP contribution in [0.3, 0.4) is 0 Å². The number of hydrogen-bond donors (Lipinski definition) is 1. The van der Waals surface area contributed by atoms with Crippen molar-refractivity contribution in [3.63, 3.8) is 0 Å². The van der Waals surface area contributed by atoms with Gasteiger partial charge in [0.1, 0.15) is 0 Å². The van der Waals surface area contributed by atoms with E-state index in [1.165, 1.54) is 11.1 Å². The lowest BCUT2D eigenvalue weighted by atomic mass is 9.91. The predicted molar refractivity (Wildman–Crippen MR) is 76.1 cm³/mol. The Hall–Kier alpha value is -1.35. The number of carbonyl (C=O) groups excluding carboxylic acids is 1. The Morgan fingerprint density at radius 1 is 1.26 bits per heavy atom. The number of hydrogen-bond acceptors (Lipinski definition) is 3. The molecule has 0 spiro atoms. The van der Waals surface area contributed by atoms with Gasteiger partial charge in [0.2, 0.25) is 0 Å². The van der Waals surface area contributed by atoms with Gasteiger partial charge in [0, 0.05) is 5.54 Å². The molecule has 3 nitrogen and oxygen atoms in total. The molecule has 0 unspecified atom stereocenters. The number of ether oxygens (including phenoxy) is 1. The van der Waals surface area contributed by atoms with Gasteiger partial charge in [-0.2, -0.15) is 0 Å². The first-order valence-electron chi connectivity index (χ1n) is 7.16. The molecule has 104 valence electrons. The van der Waals surface area contributed by atoms with Crippen LogP contribution < -0.4 is 5.32 Å². The fraction of sp³-hybridized carbons (Fsp3) is 0.562. The first-order chi connectivity index (χ1) is 9.19. The maximum Gasteiger partial charge on any atom is 0.307 e. The molecule has 1 aromatic carbocycles. The van der Waals surface area contributed by atoms with E-state index in [4.69, 9.17) is 4.74 Å². The summed E-state index contributed by atoms with van der Waals surface area (Å²) in [6.07, 6.45) is 3.36. The molecular weight excluding hydrogens is 238 g/mol. The lowest BCUT2D eigenvalue weighted by Gasteiger charge is -2.29. The summed E-state index contributed by atoms with van der Waals surface area (Å²) in [6.45, 7) is 5.39. The maximum absolute atomic E-state index is 11.9. The normalized spacial score (nSPS) is 16.1. The van der Waals surface area contributed by atoms with Crippen LogP contribution in [0.25, 0.3) is 0 Å². The van der Waals surface area contributed by atoms with Gasteiger partial charge in [0.25, 0.3) is 0 Å². The second-order valence-corrected chi connectivity index (χ2v) is 5.31. The molecule has 0 aliphatic heterocycles. The molecule has 0 aromatic heterocycles. The Morgan fingerprint density at radius 2 is 1.89 bits per heavy atom. The summed E-state index contributed by atoms with van der Waals surface area (Å²) >= 11 is 0. The summed E-state index contributed by atoms with van der Waals surface area (Å²) in [5, 5.41) is 3.58. The van der Waals surface area contributed by atoms with E-state index >= 15 is 0 Å². The minimum atomic E-state index is -0.147. The molecule has 1 N–H and O–H groups in total. The highest BCUT2D eigenvalue weighted by Gasteiger charge is 2.38. The molecule has 0 amide bonds. The molecule has 0 heterocycles. The number of esters is 1. The van der Waals surface area contributed by atoms with Crippen molar-refractivity contribution < 1.29 is 9.53 Å². The highest BCUT2D eigenvalue weighted by molar-refractivity contribution is 5.71. The van der Waals surface area contributed by atoms with Gasteiger partial charge >= 0.3 is 5.97 Å². The summed E-state index contributed by atoms with van der Waals surface area (Å²) in [7, 11) is 0. The Bertz CT molecular complexity index is 417. The van der Waals surface area contributed by atoms with Crippen LogP contribution in [0.4, 0.5) is 0 Å². The molecule has 0 bridgehead atoms. The molecule has 0 saturated heterocycles. The van der Waals surface area contributed by atoms with Gasteiger partial charge in [-0.3, -0.25) is 4.79 Å². The molecule has 19 heavy (non-hydrogen) atoms. The van der Waals surface area contributed by atoms with E-state index in [1.807, 2.05) is 6.92 Å². The quantitative estimate of drug-likeness (QED) is 0.800. The number of rotatable bonds is 6. The van der Waals surface area contributed by atoms with Gasteiger partial charge in [-0.15, -0.1) is 0 Å². The van der Waals surface area contributed by atoms with Gasteiger partial charge in [0.05, 0.1) is 13.0 Å². The predicted octanol–water partition coefficient (Wildman–Crippen LogP) is 2.48. The zero-order valence-corrected chi connectivity index (χ0v) is 11.9. The number of benzene rings is 1. The van der Waals surface area contributed by atoms with Crippen molar-refractivity contribution in [2.45, 2.75) is 45.1 Å². The zero-order chi connectivity index (χ0) is 13.7. The maximum atomic E-state index is 11.9. The molecule has 2 rings (SSSR count). The highest BCUT2D eigenvalue weighted by atomic mass is 16.5. The lowest BCUT2D eigenvalue weighted by Crippen LogP contribution is -2.48. The molecule has 1 aliphatic carbocycles. The summed E-state index contributed by atoms with van der Waals surface area (Å²) in [5.74, 6) is -0.0982. The fourth-order valence-electron chi connectivity index (χ4n) is 2.89. The molecular formula is C16H23NO2. The van der Waals surface area contributed by atoms with Crippen LogP contribution in [0.2, 0.25) is 0 Å². The van der Waals surface area contributed by atoms with Crippen molar-refractivity contribution in [2.75, 3.05) is 13.2 Å². The van der Waals surface area contributed by atoms with E-state index in [0.717, 1.165) is 25.8 Å². The topological polar surface area (TPSA) is 38.3 Å². The van der Waals surface area contributed by atoms with Crippen LogP contribution in [-0.2, 0) is 22.4 Å². The van der Waals surface area contributed by atoms with Crippen molar-refractivity contribution in [3.05, 3.63) is 35.4 Å². The largest absolute Gasteiger partial charge is 0.466 e. The molecule has 0 saturated carbocycles. The fourth-order valence-corrected chi connectivity index (χ4v) is 2.89. The zero-order valence-electron chi connectivity index (χ0n) is 11.9. The van der Waals surface area contributed by atoms with E-state index in [9.17, 15) is 4.79 Å². The van der Waals surface area contributed by atoms with E-state index in [2.05, 4.69) is 36.5 Å². The summed E-state index contributed by atoms with van der Waals surface area (Å²) < 4.78 is 5.13. The van der Waals surface area contributed by atoms with E-state index in [0.29, 0.717) is 13.0 Å². The van der Waals surface area contributed by atoms with Gasteiger partial charge < -0.3 is 10.1 Å². The average Bonchev–Trinajstić information content (AvgIpc) is 2.74. The van der Waals surface area contributed by atoms with Crippen LogP contribution in [0.5, 0.6) is 0 Å². The first-order valence-corrected chi connectivity index (χ1v) is 7.16. The average molecular weight is 261 g/mol. The van der Waals surface area contributed by atoms with Crippen molar-refractivity contribution in [1.82, 2.24) is 5.32 Å². The summed E-state index contributed by atoms with van der Waals surface area (Å²) in [4.78, 5) is 11.9. The van der Waals surface area contributed by atoms with Crippen LogP contribution in [0.1, 0.15) is 37.8 Å². The minimum Gasteiger partial charge on any atom is -0.466 e. The van der Waals surface area contributed by atoms with Gasteiger partial charge in [-0.25, -0.2) is 0 Å². The third kappa shape index (κ3) is 3.35. The standard InChI is InChI=1S/C16H23NO2/c1-3-9-17-16(12-15(18)19-4-2)10-13-7-5-6-8-14(13)11-16/h5-8,17H,3-4,9-12H2,1-2H3. The lowest BCUT2D eigenvalue weighted by molar-refractivity contribution is -0.144. The molecule has 0 fully saturated rings. The van der Waals surface area contributed by atoms with E-state index in [-0.39, 0.29) is 11.5 Å². The van der Waals surface area contributed by atoms with Crippen LogP contribution >= 0.6 is 0 Å². The van der Waals surface area contributed by atoms with Crippen LogP contribution in [-0.4, -0.2) is 24.7 Å².